The molecule has 0 saturated heterocycles. The second-order valence-electron chi connectivity index (χ2n) is 19.9. The maximum absolute atomic E-state index is 12.8. The highest BCUT2D eigenvalue weighted by Gasteiger charge is 2.21. The maximum Gasteiger partial charge on any atom is 0.306 e. The van der Waals surface area contributed by atoms with E-state index in [9.17, 15) is 19.0 Å². The van der Waals surface area contributed by atoms with Crippen LogP contribution in [-0.2, 0) is 32.7 Å². The monoisotopic (exact) mass is 1010 g/mol. The number of hydrogen-bond acceptors (Lipinski definition) is 8. The number of likely N-dealkylation sites (N-methyl/N-ethyl adjacent to an activating group) is 1. The van der Waals surface area contributed by atoms with Crippen LogP contribution in [-0.4, -0.2) is 70.0 Å². The Hall–Kier alpha value is -3.07. The average molecular weight is 1010 g/mol. The molecule has 0 saturated carbocycles. The first-order chi connectivity index (χ1) is 34.5. The van der Waals surface area contributed by atoms with Crippen LogP contribution < -0.4 is 4.89 Å². The molecule has 0 aliphatic rings. The molecular formula is C61H106NO8P. The molecule has 0 rings (SSSR count). The van der Waals surface area contributed by atoms with Gasteiger partial charge in [0.1, 0.15) is 19.8 Å². The number of carbonyl (C=O) groups is 2. The predicted octanol–water partition coefficient (Wildman–Crippen LogP) is 17.0. The Labute approximate surface area is 436 Å². The van der Waals surface area contributed by atoms with Gasteiger partial charge in [-0.2, -0.15) is 0 Å². The Kier molecular flexibility index (Phi) is 49.6. The second-order valence-corrected chi connectivity index (χ2v) is 21.3. The summed E-state index contributed by atoms with van der Waals surface area (Å²) in [5.41, 5.74) is 0. The fourth-order valence-electron chi connectivity index (χ4n) is 7.45. The van der Waals surface area contributed by atoms with E-state index in [1.165, 1.54) is 83.5 Å². The Morgan fingerprint density at radius 1 is 0.451 bits per heavy atom. The molecule has 0 aliphatic heterocycles. The van der Waals surface area contributed by atoms with Crippen molar-refractivity contribution in [2.75, 3.05) is 47.5 Å². The van der Waals surface area contributed by atoms with E-state index in [0.717, 1.165) is 109 Å². The fourth-order valence-corrected chi connectivity index (χ4v) is 8.18. The summed E-state index contributed by atoms with van der Waals surface area (Å²) in [7, 11) is 1.15. The topological polar surface area (TPSA) is 111 Å². The highest BCUT2D eigenvalue weighted by molar-refractivity contribution is 7.45. The standard InChI is InChI=1S/C61H106NO8P/c1-6-8-10-12-14-16-18-20-22-23-24-25-26-27-28-29-30-31-32-33-34-35-36-37-38-39-40-42-44-46-48-50-52-54-61(64)70-59(58-69-71(65,66)68-56-55-62(3,4)5)57-67-60(63)53-51-49-47-45-43-41-21-19-17-15-13-11-9-7-2/h8,10,14,16,19-22,24-25,27-28,30-31,33-34,59H,6-7,9,11-13,15,17-18,23,26,29,32,35-58H2,1-5H3/b10-8-,16-14-,21-19-,22-20-,25-24-,28-27-,31-30-,34-33-. The van der Waals surface area contributed by atoms with Crippen molar-refractivity contribution in [1.82, 2.24) is 0 Å². The molecule has 0 aliphatic carbocycles. The SMILES string of the molecule is CC/C=C\C/C=C\C/C=C\C/C=C\C/C=C\C/C=C\C/C=C\CCCCCCCCCCCCCC(=O)OC(COC(=O)CCCCCCC/C=C\CCCCCCC)COP(=O)([O-])OCC[N+](C)(C)C. The van der Waals surface area contributed by atoms with Gasteiger partial charge in [-0.15, -0.1) is 0 Å². The summed E-state index contributed by atoms with van der Waals surface area (Å²) in [6.45, 7) is 4.09. The maximum atomic E-state index is 12.8. The average Bonchev–Trinajstić information content (AvgIpc) is 3.33. The van der Waals surface area contributed by atoms with Crippen LogP contribution in [0.25, 0.3) is 0 Å². The van der Waals surface area contributed by atoms with Gasteiger partial charge in [0, 0.05) is 12.8 Å². The minimum Gasteiger partial charge on any atom is -0.756 e. The molecule has 0 spiro atoms. The van der Waals surface area contributed by atoms with Gasteiger partial charge in [0.25, 0.3) is 7.82 Å². The van der Waals surface area contributed by atoms with E-state index >= 15 is 0 Å². The van der Waals surface area contributed by atoms with Crippen molar-refractivity contribution in [3.63, 3.8) is 0 Å². The summed E-state index contributed by atoms with van der Waals surface area (Å²) in [4.78, 5) is 37.8. The van der Waals surface area contributed by atoms with Crippen LogP contribution in [0.4, 0.5) is 0 Å². The normalized spacial score (nSPS) is 14.1. The molecule has 2 unspecified atom stereocenters. The van der Waals surface area contributed by atoms with Gasteiger partial charge in [0.2, 0.25) is 0 Å². The van der Waals surface area contributed by atoms with E-state index < -0.39 is 32.5 Å². The van der Waals surface area contributed by atoms with Crippen LogP contribution in [0.5, 0.6) is 0 Å². The zero-order chi connectivity index (χ0) is 52.0. The third-order valence-electron chi connectivity index (χ3n) is 11.8. The van der Waals surface area contributed by atoms with Crippen molar-refractivity contribution < 1.29 is 42.1 Å². The predicted molar refractivity (Wildman–Crippen MR) is 300 cm³/mol. The van der Waals surface area contributed by atoms with Crippen molar-refractivity contribution in [3.8, 4) is 0 Å². The largest absolute Gasteiger partial charge is 0.756 e. The molecule has 71 heavy (non-hydrogen) atoms. The summed E-state index contributed by atoms with van der Waals surface area (Å²) < 4.78 is 34.1. The second kappa shape index (κ2) is 51.8. The molecule has 0 N–H and O–H groups in total. The molecule has 2 atom stereocenters. The number of esters is 2. The van der Waals surface area contributed by atoms with Gasteiger partial charge in [-0.1, -0.05) is 214 Å². The first kappa shape index (κ1) is 67.9. The summed E-state index contributed by atoms with van der Waals surface area (Å²) in [6, 6.07) is 0. The third kappa shape index (κ3) is 56.1. The molecule has 0 radical (unpaired) electrons. The van der Waals surface area contributed by atoms with E-state index in [2.05, 4.69) is 111 Å². The Balaban J connectivity index is 4.13. The highest BCUT2D eigenvalue weighted by Crippen LogP contribution is 2.38. The van der Waals surface area contributed by atoms with Gasteiger partial charge < -0.3 is 27.9 Å². The number of ether oxygens (including phenoxy) is 2. The molecule has 9 nitrogen and oxygen atoms in total. The van der Waals surface area contributed by atoms with Crippen LogP contribution >= 0.6 is 7.82 Å². The summed E-state index contributed by atoms with van der Waals surface area (Å²) >= 11 is 0. The van der Waals surface area contributed by atoms with Gasteiger partial charge in [0.15, 0.2) is 6.10 Å². The van der Waals surface area contributed by atoms with E-state index in [1.54, 1.807) is 0 Å². The quantitative estimate of drug-likeness (QED) is 0.0195. The van der Waals surface area contributed by atoms with Crippen molar-refractivity contribution >= 4 is 19.8 Å². The van der Waals surface area contributed by atoms with E-state index in [4.69, 9.17) is 18.5 Å². The summed E-state index contributed by atoms with van der Waals surface area (Å²) in [5.74, 6) is -0.850. The first-order valence-electron chi connectivity index (χ1n) is 28.4. The van der Waals surface area contributed by atoms with Gasteiger partial charge in [-0.05, 0) is 96.3 Å². The molecule has 0 bridgehead atoms. The minimum absolute atomic E-state index is 0.0364. The number of nitrogens with zero attached hydrogens (tertiary/aromatic N) is 1. The lowest BCUT2D eigenvalue weighted by Gasteiger charge is -2.28. The number of allylic oxidation sites excluding steroid dienone is 16. The number of phosphoric ester groups is 1. The molecule has 0 aromatic carbocycles. The summed E-state index contributed by atoms with van der Waals surface area (Å²) in [5, 5.41) is 0. The highest BCUT2D eigenvalue weighted by atomic mass is 31.2. The van der Waals surface area contributed by atoms with Crippen LogP contribution in [0.15, 0.2) is 97.2 Å². The Bertz CT molecular complexity index is 1520. The van der Waals surface area contributed by atoms with Crippen molar-refractivity contribution in [3.05, 3.63) is 97.2 Å². The zero-order valence-corrected chi connectivity index (χ0v) is 47.0. The van der Waals surface area contributed by atoms with Crippen molar-refractivity contribution in [2.24, 2.45) is 0 Å². The Morgan fingerprint density at radius 2 is 0.803 bits per heavy atom. The summed E-state index contributed by atoms with van der Waals surface area (Å²) in [6.07, 6.45) is 70.2. The minimum atomic E-state index is -4.64. The zero-order valence-electron chi connectivity index (χ0n) is 46.1. The van der Waals surface area contributed by atoms with Crippen molar-refractivity contribution in [2.45, 2.75) is 232 Å². The molecule has 0 fully saturated rings. The third-order valence-corrected chi connectivity index (χ3v) is 12.8. The van der Waals surface area contributed by atoms with Crippen LogP contribution in [0, 0.1) is 0 Å². The molecule has 0 aromatic heterocycles. The van der Waals surface area contributed by atoms with Gasteiger partial charge in [-0.25, -0.2) is 0 Å². The molecule has 408 valence electrons. The molecular weight excluding hydrogens is 906 g/mol. The number of hydrogen-bond donors (Lipinski definition) is 0. The smallest absolute Gasteiger partial charge is 0.306 e. The number of phosphoric acid groups is 1. The fraction of sp³-hybridized carbons (Fsp3) is 0.705. The van der Waals surface area contributed by atoms with Crippen LogP contribution in [0.2, 0.25) is 0 Å². The van der Waals surface area contributed by atoms with Gasteiger partial charge in [0.05, 0.1) is 27.7 Å². The van der Waals surface area contributed by atoms with E-state index in [1.807, 2.05) is 21.1 Å². The molecule has 10 heteroatoms. The molecule has 0 heterocycles. The lowest BCUT2D eigenvalue weighted by molar-refractivity contribution is -0.870. The van der Waals surface area contributed by atoms with E-state index in [0.29, 0.717) is 17.4 Å². The lowest BCUT2D eigenvalue weighted by Crippen LogP contribution is -2.37. The first-order valence-corrected chi connectivity index (χ1v) is 29.9. The van der Waals surface area contributed by atoms with Crippen molar-refractivity contribution in [1.29, 1.82) is 0 Å². The molecule has 0 aromatic rings. The number of quaternary nitrogens is 1. The number of rotatable bonds is 51. The van der Waals surface area contributed by atoms with Gasteiger partial charge >= 0.3 is 11.9 Å². The Morgan fingerprint density at radius 3 is 1.21 bits per heavy atom. The van der Waals surface area contributed by atoms with Crippen LogP contribution in [0.1, 0.15) is 226 Å². The van der Waals surface area contributed by atoms with Gasteiger partial charge in [-0.3, -0.25) is 14.2 Å². The van der Waals surface area contributed by atoms with E-state index in [-0.39, 0.29) is 26.1 Å². The number of unbranched alkanes of at least 4 members (excludes halogenated alkanes) is 21. The number of carbonyl (C=O) groups excluding carboxylic acids is 2. The molecule has 0 amide bonds. The van der Waals surface area contributed by atoms with Crippen LogP contribution in [0.3, 0.4) is 0 Å². The lowest BCUT2D eigenvalue weighted by atomic mass is 10.0.